The Morgan fingerprint density at radius 1 is 1.29 bits per heavy atom. The van der Waals surface area contributed by atoms with Gasteiger partial charge in [-0.3, -0.25) is 4.79 Å². The van der Waals surface area contributed by atoms with Crippen molar-refractivity contribution < 1.29 is 14.6 Å². The van der Waals surface area contributed by atoms with Crippen LogP contribution in [0.25, 0.3) is 0 Å². The number of carbonyl (C=O) groups excluding carboxylic acids is 1. The molecule has 0 spiro atoms. The molecule has 1 aliphatic carbocycles. The highest BCUT2D eigenvalue weighted by atomic mass is 16.5. The Morgan fingerprint density at radius 3 is 2.52 bits per heavy atom. The predicted molar refractivity (Wildman–Crippen MR) is 79.9 cm³/mol. The molecule has 1 N–H and O–H groups in total. The number of hydrogen-bond donors (Lipinski definition) is 1. The summed E-state index contributed by atoms with van der Waals surface area (Å²) in [6, 6.07) is 10.7. The van der Waals surface area contributed by atoms with Crippen LogP contribution in [0.4, 0.5) is 0 Å². The zero-order valence-electron chi connectivity index (χ0n) is 12.4. The molecule has 114 valence electrons. The number of ether oxygens (including phenoxy) is 1. The van der Waals surface area contributed by atoms with Gasteiger partial charge >= 0.3 is 5.97 Å². The Morgan fingerprint density at radius 2 is 1.95 bits per heavy atom. The first-order valence-corrected chi connectivity index (χ1v) is 7.73. The number of nitrogens with zero attached hydrogens (tertiary/aromatic N) is 1. The molecule has 2 heterocycles. The van der Waals surface area contributed by atoms with Gasteiger partial charge in [0.05, 0.1) is 13.2 Å². The van der Waals surface area contributed by atoms with Crippen LogP contribution in [0.5, 0.6) is 0 Å². The van der Waals surface area contributed by atoms with Crippen LogP contribution in [-0.2, 0) is 9.53 Å². The third-order valence-electron chi connectivity index (χ3n) is 5.04. The fourth-order valence-corrected chi connectivity index (χ4v) is 3.64. The molecule has 2 aliphatic heterocycles. The minimum Gasteiger partial charge on any atom is -0.465 e. The van der Waals surface area contributed by atoms with E-state index >= 15 is 0 Å². The average Bonchev–Trinajstić information content (AvgIpc) is 2.54. The van der Waals surface area contributed by atoms with Gasteiger partial charge in [0.15, 0.2) is 0 Å². The van der Waals surface area contributed by atoms with Crippen LogP contribution in [0.3, 0.4) is 0 Å². The number of esters is 1. The van der Waals surface area contributed by atoms with Crippen molar-refractivity contribution in [2.45, 2.75) is 37.3 Å². The number of carbonyl (C=O) groups is 1. The summed E-state index contributed by atoms with van der Waals surface area (Å²) < 4.78 is 5.48. The minimum absolute atomic E-state index is 0.207. The molecule has 2 saturated heterocycles. The summed E-state index contributed by atoms with van der Waals surface area (Å²) in [6.07, 6.45) is 3.54. The van der Waals surface area contributed by atoms with Crippen LogP contribution in [-0.4, -0.2) is 48.3 Å². The average molecular weight is 289 g/mol. The molecule has 1 aromatic carbocycles. The third-order valence-corrected chi connectivity index (χ3v) is 5.04. The van der Waals surface area contributed by atoms with E-state index in [2.05, 4.69) is 11.9 Å². The van der Waals surface area contributed by atoms with E-state index in [0.717, 1.165) is 18.4 Å². The van der Waals surface area contributed by atoms with Crippen LogP contribution in [0.15, 0.2) is 30.3 Å². The maximum atomic E-state index is 12.2. The molecule has 3 atom stereocenters. The minimum atomic E-state index is -0.563. The van der Waals surface area contributed by atoms with Crippen molar-refractivity contribution in [1.29, 1.82) is 0 Å². The number of benzene rings is 1. The molecule has 3 fully saturated rings. The molecule has 1 aromatic rings. The lowest BCUT2D eigenvalue weighted by Crippen LogP contribution is -2.59. The zero-order valence-corrected chi connectivity index (χ0v) is 12.4. The molecule has 4 rings (SSSR count). The first-order valence-electron chi connectivity index (χ1n) is 7.73. The fourth-order valence-electron chi connectivity index (χ4n) is 3.64. The highest BCUT2D eigenvalue weighted by Crippen LogP contribution is 2.40. The molecule has 2 bridgehead atoms. The molecular weight excluding hydrogens is 266 g/mol. The summed E-state index contributed by atoms with van der Waals surface area (Å²) in [6.45, 7) is 0.282. The highest BCUT2D eigenvalue weighted by molar-refractivity contribution is 5.78. The zero-order chi connectivity index (χ0) is 14.8. The van der Waals surface area contributed by atoms with E-state index in [1.807, 2.05) is 30.3 Å². The second-order valence-electron chi connectivity index (χ2n) is 6.32. The lowest BCUT2D eigenvalue weighted by atomic mass is 9.74. The van der Waals surface area contributed by atoms with Gasteiger partial charge in [0.25, 0.3) is 0 Å². The standard InChI is InChI=1S/C17H23NO3/c1-18-14-7-12(8-15(18)9-14)11-21-17(20)16(10-19)13-5-3-2-4-6-13/h2-6,12,14-16,19H,7-11H2,1H3/t14-,15-,16+/m0/s1. The summed E-state index contributed by atoms with van der Waals surface area (Å²) in [7, 11) is 2.18. The normalized spacial score (nSPS) is 29.5. The van der Waals surface area contributed by atoms with Crippen LogP contribution in [0, 0.1) is 5.92 Å². The van der Waals surface area contributed by atoms with Gasteiger partial charge in [-0.15, -0.1) is 0 Å². The molecule has 4 nitrogen and oxygen atoms in total. The second-order valence-corrected chi connectivity index (χ2v) is 6.32. The lowest BCUT2D eigenvalue weighted by Gasteiger charge is -2.53. The Balaban J connectivity index is 1.52. The third kappa shape index (κ3) is 2.97. The number of piperidine rings is 1. The summed E-state index contributed by atoms with van der Waals surface area (Å²) in [5.41, 5.74) is 0.816. The predicted octanol–water partition coefficient (Wildman–Crippen LogP) is 1.79. The van der Waals surface area contributed by atoms with E-state index < -0.39 is 5.92 Å². The van der Waals surface area contributed by atoms with E-state index in [-0.39, 0.29) is 12.6 Å². The van der Waals surface area contributed by atoms with Crippen molar-refractivity contribution in [1.82, 2.24) is 4.90 Å². The highest BCUT2D eigenvalue weighted by Gasteiger charge is 2.43. The SMILES string of the molecule is CN1[C@H]2CC(COC(=O)[C@H](CO)c3ccccc3)C[C@H]1C2. The Hall–Kier alpha value is -1.39. The molecule has 0 amide bonds. The molecule has 0 aromatic heterocycles. The van der Waals surface area contributed by atoms with E-state index in [1.165, 1.54) is 6.42 Å². The molecule has 4 heteroatoms. The summed E-state index contributed by atoms with van der Waals surface area (Å²) in [4.78, 5) is 14.6. The van der Waals surface area contributed by atoms with Crippen LogP contribution in [0.2, 0.25) is 0 Å². The van der Waals surface area contributed by atoms with Gasteiger partial charge in [0, 0.05) is 12.1 Å². The van der Waals surface area contributed by atoms with Gasteiger partial charge in [-0.05, 0) is 37.8 Å². The second kappa shape index (κ2) is 6.16. The molecule has 1 saturated carbocycles. The van der Waals surface area contributed by atoms with Crippen molar-refractivity contribution in [3.63, 3.8) is 0 Å². The van der Waals surface area contributed by atoms with Gasteiger partial charge in [0.2, 0.25) is 0 Å². The fraction of sp³-hybridized carbons (Fsp3) is 0.588. The van der Waals surface area contributed by atoms with Crippen molar-refractivity contribution in [2.24, 2.45) is 5.92 Å². The van der Waals surface area contributed by atoms with Gasteiger partial charge in [-0.1, -0.05) is 30.3 Å². The molecule has 0 unspecified atom stereocenters. The quantitative estimate of drug-likeness (QED) is 0.840. The molecular formula is C17H23NO3. The van der Waals surface area contributed by atoms with E-state index in [4.69, 9.17) is 4.74 Å². The van der Waals surface area contributed by atoms with E-state index in [0.29, 0.717) is 24.6 Å². The van der Waals surface area contributed by atoms with Crippen LogP contribution < -0.4 is 0 Å². The maximum Gasteiger partial charge on any atom is 0.315 e. The molecule has 21 heavy (non-hydrogen) atoms. The van der Waals surface area contributed by atoms with Crippen LogP contribution in [0.1, 0.15) is 30.7 Å². The van der Waals surface area contributed by atoms with Gasteiger partial charge in [-0.2, -0.15) is 0 Å². The van der Waals surface area contributed by atoms with Crippen molar-refractivity contribution in [2.75, 3.05) is 20.3 Å². The number of aliphatic hydroxyl groups excluding tert-OH is 1. The molecule has 0 radical (unpaired) electrons. The van der Waals surface area contributed by atoms with E-state index in [9.17, 15) is 9.90 Å². The number of rotatable bonds is 5. The monoisotopic (exact) mass is 289 g/mol. The molecule has 3 aliphatic rings. The Labute approximate surface area is 125 Å². The summed E-state index contributed by atoms with van der Waals surface area (Å²) >= 11 is 0. The van der Waals surface area contributed by atoms with Crippen molar-refractivity contribution >= 4 is 5.97 Å². The Bertz CT molecular complexity index is 478. The topological polar surface area (TPSA) is 49.8 Å². The van der Waals surface area contributed by atoms with Crippen LogP contribution >= 0.6 is 0 Å². The van der Waals surface area contributed by atoms with Gasteiger partial charge in [0.1, 0.15) is 5.92 Å². The van der Waals surface area contributed by atoms with E-state index in [1.54, 1.807) is 0 Å². The first kappa shape index (κ1) is 14.5. The van der Waals surface area contributed by atoms with Crippen molar-refractivity contribution in [3.8, 4) is 0 Å². The Kier molecular flexibility index (Phi) is 4.27. The number of fused-ring (bicyclic) bond motifs is 2. The first-order chi connectivity index (χ1) is 10.2. The largest absolute Gasteiger partial charge is 0.465 e. The van der Waals surface area contributed by atoms with Gasteiger partial charge in [-0.25, -0.2) is 0 Å². The van der Waals surface area contributed by atoms with Gasteiger partial charge < -0.3 is 14.7 Å². The number of aliphatic hydroxyl groups is 1. The smallest absolute Gasteiger partial charge is 0.315 e. The summed E-state index contributed by atoms with van der Waals surface area (Å²) in [5.74, 6) is -0.396. The maximum absolute atomic E-state index is 12.2. The van der Waals surface area contributed by atoms with Crippen molar-refractivity contribution in [3.05, 3.63) is 35.9 Å². The number of hydrogen-bond acceptors (Lipinski definition) is 4. The lowest BCUT2D eigenvalue weighted by molar-refractivity contribution is -0.150. The summed E-state index contributed by atoms with van der Waals surface area (Å²) in [5, 5.41) is 9.46.